The van der Waals surface area contributed by atoms with E-state index in [0.29, 0.717) is 5.82 Å². The van der Waals surface area contributed by atoms with Gasteiger partial charge in [0.15, 0.2) is 0 Å². The Morgan fingerprint density at radius 1 is 1.00 bits per heavy atom. The van der Waals surface area contributed by atoms with E-state index in [4.69, 9.17) is 9.72 Å². The van der Waals surface area contributed by atoms with Crippen LogP contribution < -0.4 is 14.8 Å². The number of nitrogens with zero attached hydrogens (tertiary/aromatic N) is 1. The quantitative estimate of drug-likeness (QED) is 0.405. The number of hydrogen-bond acceptors (Lipinski definition) is 5. The highest BCUT2D eigenvalue weighted by Gasteiger charge is 2.41. The van der Waals surface area contributed by atoms with Crippen LogP contribution in [0.15, 0.2) is 66.7 Å². The Labute approximate surface area is 200 Å². The predicted molar refractivity (Wildman–Crippen MR) is 136 cm³/mol. The first-order chi connectivity index (χ1) is 16.1. The lowest BCUT2D eigenvalue weighted by Crippen LogP contribution is -2.42. The third kappa shape index (κ3) is 5.40. The van der Waals surface area contributed by atoms with Crippen molar-refractivity contribution in [2.75, 3.05) is 18.7 Å². The van der Waals surface area contributed by atoms with Crippen LogP contribution in [0.1, 0.15) is 43.2 Å². The summed E-state index contributed by atoms with van der Waals surface area (Å²) in [6.07, 6.45) is 6.97. The standard InChI is InChI=1S/C27H31N3O2S/c1-32-23-15-13-22(14-16-23)27(17-4-3-5-18-27)26(31)30-25-8-6-7-24(29-25)21-11-9-20(10-12-21)19-28-33-2/h6-16,28H,3-5,17-19H2,1-2H3,(H,29,30,31). The molecule has 4 rings (SSSR count). The number of amides is 1. The van der Waals surface area contributed by atoms with Crippen molar-refractivity contribution in [3.8, 4) is 17.0 Å². The Kier molecular flexibility index (Phi) is 7.68. The fourth-order valence-corrected chi connectivity index (χ4v) is 4.87. The molecule has 5 nitrogen and oxygen atoms in total. The van der Waals surface area contributed by atoms with Gasteiger partial charge in [-0.2, -0.15) is 0 Å². The highest BCUT2D eigenvalue weighted by Crippen LogP contribution is 2.41. The van der Waals surface area contributed by atoms with Gasteiger partial charge >= 0.3 is 0 Å². The molecule has 6 heteroatoms. The minimum Gasteiger partial charge on any atom is -0.497 e. The Hall–Kier alpha value is -2.83. The van der Waals surface area contributed by atoms with Gasteiger partial charge in [0.1, 0.15) is 11.6 Å². The van der Waals surface area contributed by atoms with Gasteiger partial charge in [-0.3, -0.25) is 9.52 Å². The Morgan fingerprint density at radius 3 is 2.39 bits per heavy atom. The van der Waals surface area contributed by atoms with E-state index in [0.717, 1.165) is 54.8 Å². The Morgan fingerprint density at radius 2 is 1.73 bits per heavy atom. The lowest BCUT2D eigenvalue weighted by molar-refractivity contribution is -0.122. The van der Waals surface area contributed by atoms with E-state index in [9.17, 15) is 4.79 Å². The smallest absolute Gasteiger partial charge is 0.236 e. The lowest BCUT2D eigenvalue weighted by atomic mass is 9.68. The van der Waals surface area contributed by atoms with Gasteiger partial charge in [0, 0.05) is 12.1 Å². The highest BCUT2D eigenvalue weighted by molar-refractivity contribution is 7.96. The molecule has 1 aliphatic carbocycles. The molecule has 1 aromatic heterocycles. The van der Waals surface area contributed by atoms with Crippen molar-refractivity contribution in [1.29, 1.82) is 0 Å². The van der Waals surface area contributed by atoms with E-state index in [1.54, 1.807) is 19.1 Å². The third-order valence-corrected chi connectivity index (χ3v) is 6.88. The molecule has 1 heterocycles. The Balaban J connectivity index is 1.55. The normalized spacial score (nSPS) is 15.1. The molecule has 2 aromatic carbocycles. The van der Waals surface area contributed by atoms with Crippen LogP contribution in [0, 0.1) is 0 Å². The minimum absolute atomic E-state index is 0.0236. The Bertz CT molecular complexity index is 1060. The van der Waals surface area contributed by atoms with E-state index in [1.807, 2.05) is 48.7 Å². The number of rotatable bonds is 8. The molecule has 0 atom stereocenters. The molecule has 3 aromatic rings. The summed E-state index contributed by atoms with van der Waals surface area (Å²) in [6.45, 7) is 0.818. The second kappa shape index (κ2) is 10.9. The van der Waals surface area contributed by atoms with Gasteiger partial charge < -0.3 is 10.1 Å². The molecule has 1 fully saturated rings. The van der Waals surface area contributed by atoms with Gasteiger partial charge in [-0.25, -0.2) is 4.98 Å². The first kappa shape index (κ1) is 23.3. The van der Waals surface area contributed by atoms with Crippen molar-refractivity contribution in [2.24, 2.45) is 0 Å². The van der Waals surface area contributed by atoms with Crippen LogP contribution in [0.4, 0.5) is 5.82 Å². The molecule has 0 spiro atoms. The molecule has 0 saturated heterocycles. The van der Waals surface area contributed by atoms with E-state index in [-0.39, 0.29) is 5.91 Å². The predicted octanol–water partition coefficient (Wildman–Crippen LogP) is 5.97. The molecule has 2 N–H and O–H groups in total. The number of ether oxygens (including phenoxy) is 1. The van der Waals surface area contributed by atoms with Crippen LogP contribution in [-0.4, -0.2) is 24.3 Å². The third-order valence-electron chi connectivity index (χ3n) is 6.45. The number of carbonyl (C=O) groups excluding carboxylic acids is 1. The number of hydrogen-bond donors (Lipinski definition) is 2. The number of nitrogens with one attached hydrogen (secondary N) is 2. The van der Waals surface area contributed by atoms with E-state index in [2.05, 4.69) is 34.3 Å². The summed E-state index contributed by atoms with van der Waals surface area (Å²) in [6, 6.07) is 22.1. The van der Waals surface area contributed by atoms with Crippen LogP contribution in [0.5, 0.6) is 5.75 Å². The van der Waals surface area contributed by atoms with Crippen LogP contribution in [0.3, 0.4) is 0 Å². The van der Waals surface area contributed by atoms with E-state index >= 15 is 0 Å². The van der Waals surface area contributed by atoms with Crippen LogP contribution in [0.2, 0.25) is 0 Å². The highest BCUT2D eigenvalue weighted by atomic mass is 32.2. The van der Waals surface area contributed by atoms with Crippen molar-refractivity contribution in [1.82, 2.24) is 9.71 Å². The number of methoxy groups -OCH3 is 1. The van der Waals surface area contributed by atoms with Crippen LogP contribution in [-0.2, 0) is 16.8 Å². The lowest BCUT2D eigenvalue weighted by Gasteiger charge is -2.36. The van der Waals surface area contributed by atoms with Crippen LogP contribution in [0.25, 0.3) is 11.3 Å². The van der Waals surface area contributed by atoms with Gasteiger partial charge in [-0.15, -0.1) is 0 Å². The molecular weight excluding hydrogens is 430 g/mol. The topological polar surface area (TPSA) is 63.2 Å². The second-order valence-electron chi connectivity index (χ2n) is 8.46. The molecule has 0 radical (unpaired) electrons. The van der Waals surface area contributed by atoms with Crippen LogP contribution >= 0.6 is 11.9 Å². The molecule has 1 saturated carbocycles. The summed E-state index contributed by atoms with van der Waals surface area (Å²) < 4.78 is 8.57. The van der Waals surface area contributed by atoms with Gasteiger partial charge in [0.25, 0.3) is 0 Å². The van der Waals surface area contributed by atoms with Gasteiger partial charge in [-0.1, -0.05) is 73.7 Å². The molecule has 1 amide bonds. The molecule has 0 unspecified atom stereocenters. The summed E-state index contributed by atoms with van der Waals surface area (Å²) in [5, 5.41) is 3.13. The summed E-state index contributed by atoms with van der Waals surface area (Å²) >= 11 is 1.61. The number of benzene rings is 2. The van der Waals surface area contributed by atoms with Gasteiger partial charge in [0.2, 0.25) is 5.91 Å². The van der Waals surface area contributed by atoms with Crippen molar-refractivity contribution in [3.63, 3.8) is 0 Å². The maximum absolute atomic E-state index is 13.6. The number of carbonyl (C=O) groups is 1. The monoisotopic (exact) mass is 461 g/mol. The van der Waals surface area contributed by atoms with E-state index < -0.39 is 5.41 Å². The number of aromatic nitrogens is 1. The zero-order valence-corrected chi connectivity index (χ0v) is 20.1. The molecule has 0 aliphatic heterocycles. The summed E-state index contributed by atoms with van der Waals surface area (Å²) in [5.74, 6) is 1.41. The zero-order chi connectivity index (χ0) is 23.1. The fraction of sp³-hybridized carbons (Fsp3) is 0.333. The number of anilines is 1. The minimum atomic E-state index is -0.534. The zero-order valence-electron chi connectivity index (χ0n) is 19.3. The van der Waals surface area contributed by atoms with Crippen molar-refractivity contribution < 1.29 is 9.53 Å². The average molecular weight is 462 g/mol. The molecule has 0 bridgehead atoms. The maximum Gasteiger partial charge on any atom is 0.236 e. The number of pyridine rings is 1. The van der Waals surface area contributed by atoms with E-state index in [1.165, 1.54) is 12.0 Å². The van der Waals surface area contributed by atoms with Gasteiger partial charge in [-0.05, 0) is 54.5 Å². The molecule has 172 valence electrons. The fourth-order valence-electron chi connectivity index (χ4n) is 4.56. The summed E-state index contributed by atoms with van der Waals surface area (Å²) in [7, 11) is 1.66. The van der Waals surface area contributed by atoms with Crippen molar-refractivity contribution >= 4 is 23.7 Å². The molecule has 33 heavy (non-hydrogen) atoms. The second-order valence-corrected chi connectivity index (χ2v) is 9.15. The van der Waals surface area contributed by atoms with Crippen molar-refractivity contribution in [2.45, 2.75) is 44.1 Å². The first-order valence-electron chi connectivity index (χ1n) is 11.4. The SMILES string of the molecule is COc1ccc(C2(C(=O)Nc3cccc(-c4ccc(CNSC)cc4)n3)CCCCC2)cc1. The largest absolute Gasteiger partial charge is 0.497 e. The maximum atomic E-state index is 13.6. The summed E-state index contributed by atoms with van der Waals surface area (Å²) in [5.41, 5.74) is 3.61. The first-order valence-corrected chi connectivity index (χ1v) is 12.7. The average Bonchev–Trinajstić information content (AvgIpc) is 2.88. The summed E-state index contributed by atoms with van der Waals surface area (Å²) in [4.78, 5) is 18.4. The van der Waals surface area contributed by atoms with Crippen molar-refractivity contribution in [3.05, 3.63) is 77.9 Å². The van der Waals surface area contributed by atoms with Gasteiger partial charge in [0.05, 0.1) is 18.2 Å². The molecule has 1 aliphatic rings. The molecular formula is C27H31N3O2S.